The molecule has 20 heavy (non-hydrogen) atoms. The Labute approximate surface area is 126 Å². The van der Waals surface area contributed by atoms with Gasteiger partial charge in [0.1, 0.15) is 0 Å². The summed E-state index contributed by atoms with van der Waals surface area (Å²) in [5.74, 6) is 0.900. The van der Waals surface area contributed by atoms with Gasteiger partial charge in [0.2, 0.25) is 0 Å². The van der Waals surface area contributed by atoms with Gasteiger partial charge in [0, 0.05) is 29.4 Å². The Kier molecular flexibility index (Phi) is 5.86. The van der Waals surface area contributed by atoms with Crippen molar-refractivity contribution >= 4 is 17.3 Å². The topological polar surface area (TPSA) is 39.7 Å². The number of aliphatic imine (C=N–C) groups is 1. The summed E-state index contributed by atoms with van der Waals surface area (Å²) >= 11 is 1.88. The minimum Gasteiger partial charge on any atom is -0.355 e. The van der Waals surface area contributed by atoms with Crippen LogP contribution in [0.5, 0.6) is 0 Å². The van der Waals surface area contributed by atoms with Gasteiger partial charge < -0.3 is 15.5 Å². The van der Waals surface area contributed by atoms with Crippen molar-refractivity contribution in [2.45, 2.75) is 38.8 Å². The van der Waals surface area contributed by atoms with Crippen molar-refractivity contribution in [2.75, 3.05) is 27.2 Å². The van der Waals surface area contributed by atoms with E-state index >= 15 is 0 Å². The summed E-state index contributed by atoms with van der Waals surface area (Å²) in [4.78, 5) is 9.53. The SMILES string of the molecule is CCc1ccc(CNC(=NC)NCC2CCCN2C)s1. The van der Waals surface area contributed by atoms with Gasteiger partial charge in [-0.3, -0.25) is 4.99 Å². The third-order valence-electron chi connectivity index (χ3n) is 3.90. The number of hydrogen-bond acceptors (Lipinski definition) is 3. The minimum atomic E-state index is 0.641. The zero-order valence-electron chi connectivity index (χ0n) is 12.8. The largest absolute Gasteiger partial charge is 0.355 e. The molecule has 1 fully saturated rings. The molecule has 2 heterocycles. The van der Waals surface area contributed by atoms with Crippen molar-refractivity contribution in [3.63, 3.8) is 0 Å². The first-order valence-corrected chi connectivity index (χ1v) is 8.27. The molecule has 0 bridgehead atoms. The zero-order chi connectivity index (χ0) is 14.4. The van der Waals surface area contributed by atoms with E-state index in [0.29, 0.717) is 6.04 Å². The first kappa shape index (κ1) is 15.3. The maximum atomic E-state index is 4.30. The zero-order valence-corrected chi connectivity index (χ0v) is 13.6. The number of thiophene rings is 1. The number of likely N-dealkylation sites (tertiary alicyclic amines) is 1. The maximum absolute atomic E-state index is 4.30. The van der Waals surface area contributed by atoms with Crippen LogP contribution in [-0.2, 0) is 13.0 Å². The maximum Gasteiger partial charge on any atom is 0.191 e. The van der Waals surface area contributed by atoms with Crippen LogP contribution in [0.1, 0.15) is 29.5 Å². The van der Waals surface area contributed by atoms with Crippen LogP contribution in [0.3, 0.4) is 0 Å². The second kappa shape index (κ2) is 7.64. The van der Waals surface area contributed by atoms with Gasteiger partial charge in [-0.2, -0.15) is 0 Å². The fourth-order valence-electron chi connectivity index (χ4n) is 2.55. The Bertz CT molecular complexity index is 441. The summed E-state index contributed by atoms with van der Waals surface area (Å²) in [5, 5.41) is 6.83. The highest BCUT2D eigenvalue weighted by Crippen LogP contribution is 2.16. The molecule has 0 radical (unpaired) electrons. The van der Waals surface area contributed by atoms with Crippen LogP contribution in [0, 0.1) is 0 Å². The van der Waals surface area contributed by atoms with E-state index in [2.05, 4.69) is 46.6 Å². The van der Waals surface area contributed by atoms with Crippen LogP contribution >= 0.6 is 11.3 Å². The lowest BCUT2D eigenvalue weighted by Crippen LogP contribution is -2.43. The molecule has 0 saturated carbocycles. The number of guanidine groups is 1. The smallest absolute Gasteiger partial charge is 0.191 e. The fraction of sp³-hybridized carbons (Fsp3) is 0.667. The number of aryl methyl sites for hydroxylation is 1. The first-order chi connectivity index (χ1) is 9.72. The first-order valence-electron chi connectivity index (χ1n) is 7.45. The van der Waals surface area contributed by atoms with Crippen molar-refractivity contribution in [1.82, 2.24) is 15.5 Å². The molecule has 1 saturated heterocycles. The van der Waals surface area contributed by atoms with Crippen LogP contribution in [0.15, 0.2) is 17.1 Å². The highest BCUT2D eigenvalue weighted by molar-refractivity contribution is 7.11. The van der Waals surface area contributed by atoms with Crippen molar-refractivity contribution in [2.24, 2.45) is 4.99 Å². The molecule has 0 aromatic carbocycles. The average Bonchev–Trinajstić information content (AvgIpc) is 3.08. The quantitative estimate of drug-likeness (QED) is 0.645. The molecule has 1 unspecified atom stereocenters. The van der Waals surface area contributed by atoms with Gasteiger partial charge >= 0.3 is 0 Å². The van der Waals surface area contributed by atoms with Crippen molar-refractivity contribution in [1.29, 1.82) is 0 Å². The van der Waals surface area contributed by atoms with Crippen LogP contribution in [0.4, 0.5) is 0 Å². The summed E-state index contributed by atoms with van der Waals surface area (Å²) in [6.45, 7) is 5.24. The van der Waals surface area contributed by atoms with Gasteiger partial charge in [-0.25, -0.2) is 0 Å². The summed E-state index contributed by atoms with van der Waals surface area (Å²) in [6, 6.07) is 5.06. The van der Waals surface area contributed by atoms with E-state index < -0.39 is 0 Å². The second-order valence-corrected chi connectivity index (χ2v) is 6.56. The van der Waals surface area contributed by atoms with Crippen LogP contribution in [0.25, 0.3) is 0 Å². The van der Waals surface area contributed by atoms with Crippen molar-refractivity contribution in [3.8, 4) is 0 Å². The van der Waals surface area contributed by atoms with E-state index in [-0.39, 0.29) is 0 Å². The molecule has 4 nitrogen and oxygen atoms in total. The molecule has 0 spiro atoms. The molecule has 2 rings (SSSR count). The summed E-state index contributed by atoms with van der Waals surface area (Å²) < 4.78 is 0. The number of hydrogen-bond donors (Lipinski definition) is 2. The highest BCUT2D eigenvalue weighted by Gasteiger charge is 2.20. The number of rotatable bonds is 5. The molecule has 5 heteroatoms. The lowest BCUT2D eigenvalue weighted by Gasteiger charge is -2.21. The number of nitrogens with one attached hydrogen (secondary N) is 2. The van der Waals surface area contributed by atoms with Crippen LogP contribution in [0.2, 0.25) is 0 Å². The van der Waals surface area contributed by atoms with Gasteiger partial charge in [0.05, 0.1) is 6.54 Å². The summed E-state index contributed by atoms with van der Waals surface area (Å²) in [5.41, 5.74) is 0. The van der Waals surface area contributed by atoms with Crippen LogP contribution in [-0.4, -0.2) is 44.1 Å². The van der Waals surface area contributed by atoms with E-state index in [9.17, 15) is 0 Å². The second-order valence-electron chi connectivity index (χ2n) is 5.30. The summed E-state index contributed by atoms with van der Waals surface area (Å²) in [6.07, 6.45) is 3.71. The molecule has 1 aliphatic rings. The Hall–Kier alpha value is -1.07. The summed E-state index contributed by atoms with van der Waals surface area (Å²) in [7, 11) is 4.03. The molecule has 1 atom stereocenters. The lowest BCUT2D eigenvalue weighted by molar-refractivity contribution is 0.309. The molecule has 0 aliphatic carbocycles. The molecular weight excluding hydrogens is 268 g/mol. The number of nitrogens with zero attached hydrogens (tertiary/aromatic N) is 2. The van der Waals surface area contributed by atoms with Gasteiger partial charge in [0.25, 0.3) is 0 Å². The van der Waals surface area contributed by atoms with Crippen molar-refractivity contribution in [3.05, 3.63) is 21.9 Å². The third-order valence-corrected chi connectivity index (χ3v) is 5.13. The predicted molar refractivity (Wildman–Crippen MR) is 87.6 cm³/mol. The van der Waals surface area contributed by atoms with Gasteiger partial charge in [-0.15, -0.1) is 11.3 Å². The lowest BCUT2D eigenvalue weighted by atomic mass is 10.2. The molecule has 1 aromatic rings. The Morgan fingerprint density at radius 3 is 2.80 bits per heavy atom. The normalized spacial score (nSPS) is 20.4. The third kappa shape index (κ3) is 4.21. The van der Waals surface area contributed by atoms with Gasteiger partial charge in [-0.1, -0.05) is 6.92 Å². The Balaban J connectivity index is 1.75. The molecule has 2 N–H and O–H groups in total. The monoisotopic (exact) mass is 294 g/mol. The molecule has 1 aromatic heterocycles. The molecule has 1 aliphatic heterocycles. The van der Waals surface area contributed by atoms with E-state index in [1.807, 2.05) is 18.4 Å². The molecular formula is C15H26N4S. The van der Waals surface area contributed by atoms with E-state index in [4.69, 9.17) is 0 Å². The van der Waals surface area contributed by atoms with E-state index in [1.54, 1.807) is 0 Å². The predicted octanol–water partition coefficient (Wildman–Crippen LogP) is 2.07. The van der Waals surface area contributed by atoms with Crippen molar-refractivity contribution < 1.29 is 0 Å². The van der Waals surface area contributed by atoms with Gasteiger partial charge in [0.15, 0.2) is 5.96 Å². The van der Waals surface area contributed by atoms with E-state index in [1.165, 1.54) is 29.1 Å². The molecule has 112 valence electrons. The van der Waals surface area contributed by atoms with Gasteiger partial charge in [-0.05, 0) is 45.0 Å². The highest BCUT2D eigenvalue weighted by atomic mass is 32.1. The standard InChI is InChI=1S/C15H26N4S/c1-4-13-7-8-14(20-13)11-18-15(16-2)17-10-12-6-5-9-19(12)3/h7-8,12H,4-6,9-11H2,1-3H3,(H2,16,17,18). The number of likely N-dealkylation sites (N-methyl/N-ethyl adjacent to an activating group) is 1. The Morgan fingerprint density at radius 1 is 1.40 bits per heavy atom. The molecule has 0 amide bonds. The minimum absolute atomic E-state index is 0.641. The fourth-order valence-corrected chi connectivity index (χ4v) is 3.45. The van der Waals surface area contributed by atoms with E-state index in [0.717, 1.165) is 25.5 Å². The average molecular weight is 294 g/mol. The Morgan fingerprint density at radius 2 is 2.20 bits per heavy atom. The van der Waals surface area contributed by atoms with Crippen LogP contribution < -0.4 is 10.6 Å².